The molecule has 0 radical (unpaired) electrons. The lowest BCUT2D eigenvalue weighted by molar-refractivity contribution is -0.137. The lowest BCUT2D eigenvalue weighted by Gasteiger charge is -2.20. The first-order chi connectivity index (χ1) is 13.2. The molecule has 3 rings (SSSR count). The van der Waals surface area contributed by atoms with Crippen LogP contribution in [-0.4, -0.2) is 8.42 Å². The van der Waals surface area contributed by atoms with Crippen molar-refractivity contribution >= 4 is 10.0 Å². The molecule has 3 aromatic rings. The summed E-state index contributed by atoms with van der Waals surface area (Å²) in [6, 6.07) is 15.8. The van der Waals surface area contributed by atoms with Gasteiger partial charge in [0.25, 0.3) is 0 Å². The molecule has 0 heterocycles. The average Bonchev–Trinajstić information content (AvgIpc) is 2.67. The smallest absolute Gasteiger partial charge is 0.207 e. The van der Waals surface area contributed by atoms with Crippen LogP contribution in [0.25, 0.3) is 0 Å². The minimum atomic E-state index is -4.51. The molecular weight excluding hydrogens is 394 g/mol. The third-order valence-corrected chi connectivity index (χ3v) is 5.54. The maximum atomic E-state index is 13.3. The van der Waals surface area contributed by atoms with Crippen molar-refractivity contribution in [3.8, 4) is 0 Å². The minimum Gasteiger partial charge on any atom is -0.207 e. The van der Waals surface area contributed by atoms with Crippen LogP contribution in [0.4, 0.5) is 17.6 Å². The Morgan fingerprint density at radius 1 is 0.750 bits per heavy atom. The number of halogens is 4. The van der Waals surface area contributed by atoms with Gasteiger partial charge in [-0.2, -0.15) is 17.9 Å². The van der Waals surface area contributed by atoms with E-state index in [1.807, 2.05) is 0 Å². The summed E-state index contributed by atoms with van der Waals surface area (Å²) < 4.78 is 79.7. The first kappa shape index (κ1) is 20.0. The maximum Gasteiger partial charge on any atom is 0.416 e. The molecule has 0 aromatic heterocycles. The molecule has 0 amide bonds. The van der Waals surface area contributed by atoms with Crippen LogP contribution in [0.2, 0.25) is 0 Å². The number of nitrogens with one attached hydrogen (secondary N) is 1. The fourth-order valence-corrected chi connectivity index (χ4v) is 3.91. The number of rotatable bonds is 5. The van der Waals surface area contributed by atoms with E-state index < -0.39 is 33.6 Å². The van der Waals surface area contributed by atoms with Gasteiger partial charge in [0.2, 0.25) is 10.0 Å². The molecule has 0 aliphatic heterocycles. The van der Waals surface area contributed by atoms with E-state index in [1.165, 1.54) is 36.4 Å². The van der Waals surface area contributed by atoms with Crippen LogP contribution in [0.5, 0.6) is 0 Å². The molecule has 0 bridgehead atoms. The summed E-state index contributed by atoms with van der Waals surface area (Å²) in [5, 5.41) is 0. The van der Waals surface area contributed by atoms with Crippen molar-refractivity contribution in [3.05, 3.63) is 101 Å². The Labute approximate surface area is 159 Å². The van der Waals surface area contributed by atoms with Crippen molar-refractivity contribution in [3.63, 3.8) is 0 Å². The summed E-state index contributed by atoms with van der Waals surface area (Å²) in [7, 11) is -3.97. The SMILES string of the molecule is O=S(=O)(NC(c1ccc(F)cc1)c1ccc(C(F)(F)F)cc1)c1ccccc1. The molecule has 1 atom stereocenters. The van der Waals surface area contributed by atoms with Gasteiger partial charge in [-0.05, 0) is 47.5 Å². The van der Waals surface area contributed by atoms with Gasteiger partial charge in [0.05, 0.1) is 16.5 Å². The summed E-state index contributed by atoms with van der Waals surface area (Å²) in [6.45, 7) is 0. The van der Waals surface area contributed by atoms with Crippen LogP contribution in [0.15, 0.2) is 83.8 Å². The van der Waals surface area contributed by atoms with Crippen molar-refractivity contribution in [1.82, 2.24) is 4.72 Å². The fourth-order valence-electron chi connectivity index (χ4n) is 2.67. The highest BCUT2D eigenvalue weighted by Crippen LogP contribution is 2.31. The van der Waals surface area contributed by atoms with Gasteiger partial charge in [-0.1, -0.05) is 42.5 Å². The first-order valence-electron chi connectivity index (χ1n) is 8.17. The Balaban J connectivity index is 2.02. The van der Waals surface area contributed by atoms with Gasteiger partial charge in [-0.25, -0.2) is 12.8 Å². The molecule has 8 heteroatoms. The Kier molecular flexibility index (Phi) is 5.53. The van der Waals surface area contributed by atoms with E-state index in [2.05, 4.69) is 4.72 Å². The van der Waals surface area contributed by atoms with Crippen LogP contribution < -0.4 is 4.72 Å². The Morgan fingerprint density at radius 3 is 1.75 bits per heavy atom. The van der Waals surface area contributed by atoms with Crippen LogP contribution in [0, 0.1) is 5.82 Å². The van der Waals surface area contributed by atoms with Gasteiger partial charge >= 0.3 is 6.18 Å². The minimum absolute atomic E-state index is 0.00835. The van der Waals surface area contributed by atoms with E-state index >= 15 is 0 Å². The Bertz CT molecular complexity index is 1030. The molecule has 0 saturated heterocycles. The second-order valence-corrected chi connectivity index (χ2v) is 7.75. The molecule has 0 fully saturated rings. The zero-order valence-electron chi connectivity index (χ0n) is 14.3. The number of alkyl halides is 3. The number of hydrogen-bond donors (Lipinski definition) is 1. The van der Waals surface area contributed by atoms with E-state index in [0.29, 0.717) is 11.1 Å². The summed E-state index contributed by atoms with van der Waals surface area (Å²) in [4.78, 5) is 0.00835. The molecule has 1 N–H and O–H groups in total. The van der Waals surface area contributed by atoms with E-state index in [0.717, 1.165) is 24.3 Å². The first-order valence-corrected chi connectivity index (χ1v) is 9.65. The quantitative estimate of drug-likeness (QED) is 0.609. The molecule has 0 saturated carbocycles. The fraction of sp³-hybridized carbons (Fsp3) is 0.100. The van der Waals surface area contributed by atoms with Crippen LogP contribution in [0.1, 0.15) is 22.7 Å². The zero-order chi connectivity index (χ0) is 20.4. The van der Waals surface area contributed by atoms with Crippen molar-refractivity contribution in [2.45, 2.75) is 17.1 Å². The summed E-state index contributed by atoms with van der Waals surface area (Å²) in [6.07, 6.45) is -4.51. The highest BCUT2D eigenvalue weighted by Gasteiger charge is 2.31. The highest BCUT2D eigenvalue weighted by molar-refractivity contribution is 7.89. The van der Waals surface area contributed by atoms with Crippen LogP contribution >= 0.6 is 0 Å². The van der Waals surface area contributed by atoms with Crippen molar-refractivity contribution < 1.29 is 26.0 Å². The second kappa shape index (κ2) is 7.73. The van der Waals surface area contributed by atoms with E-state index in [-0.39, 0.29) is 4.90 Å². The molecule has 0 aliphatic carbocycles. The molecular formula is C20H15F4NO2S. The van der Waals surface area contributed by atoms with Gasteiger partial charge in [-0.15, -0.1) is 0 Å². The van der Waals surface area contributed by atoms with Crippen molar-refractivity contribution in [1.29, 1.82) is 0 Å². The van der Waals surface area contributed by atoms with Gasteiger partial charge < -0.3 is 0 Å². The van der Waals surface area contributed by atoms with Gasteiger partial charge in [0, 0.05) is 0 Å². The Hall–Kier alpha value is -2.71. The molecule has 0 aliphatic rings. The second-order valence-electron chi connectivity index (χ2n) is 6.04. The maximum absolute atomic E-state index is 13.3. The third-order valence-electron chi connectivity index (χ3n) is 4.10. The lowest BCUT2D eigenvalue weighted by Crippen LogP contribution is -2.29. The zero-order valence-corrected chi connectivity index (χ0v) is 15.1. The number of hydrogen-bond acceptors (Lipinski definition) is 2. The summed E-state index contributed by atoms with van der Waals surface area (Å²) >= 11 is 0. The van der Waals surface area contributed by atoms with E-state index in [9.17, 15) is 26.0 Å². The van der Waals surface area contributed by atoms with Gasteiger partial charge in [0.1, 0.15) is 5.82 Å². The normalized spacial score (nSPS) is 13.3. The third kappa shape index (κ3) is 4.58. The molecule has 146 valence electrons. The number of benzene rings is 3. The monoisotopic (exact) mass is 409 g/mol. The Morgan fingerprint density at radius 2 is 1.25 bits per heavy atom. The molecule has 0 spiro atoms. The predicted octanol–water partition coefficient (Wildman–Crippen LogP) is 4.91. The summed E-state index contributed by atoms with van der Waals surface area (Å²) in [5.74, 6) is -0.513. The standard InChI is InChI=1S/C20H15F4NO2S/c21-17-12-8-15(9-13-17)19(14-6-10-16(11-7-14)20(22,23)24)25-28(26,27)18-4-2-1-3-5-18/h1-13,19,25H. The van der Waals surface area contributed by atoms with E-state index in [4.69, 9.17) is 0 Å². The van der Waals surface area contributed by atoms with Crippen LogP contribution in [-0.2, 0) is 16.2 Å². The topological polar surface area (TPSA) is 46.2 Å². The van der Waals surface area contributed by atoms with Crippen molar-refractivity contribution in [2.75, 3.05) is 0 Å². The predicted molar refractivity (Wildman–Crippen MR) is 96.5 cm³/mol. The molecule has 1 unspecified atom stereocenters. The molecule has 3 aromatic carbocycles. The molecule has 3 nitrogen and oxygen atoms in total. The van der Waals surface area contributed by atoms with Gasteiger partial charge in [0.15, 0.2) is 0 Å². The lowest BCUT2D eigenvalue weighted by atomic mass is 9.98. The van der Waals surface area contributed by atoms with E-state index in [1.54, 1.807) is 18.2 Å². The number of sulfonamides is 1. The highest BCUT2D eigenvalue weighted by atomic mass is 32.2. The van der Waals surface area contributed by atoms with Crippen LogP contribution in [0.3, 0.4) is 0 Å². The largest absolute Gasteiger partial charge is 0.416 e. The summed E-state index contributed by atoms with van der Waals surface area (Å²) in [5.41, 5.74) is -0.167. The van der Waals surface area contributed by atoms with Gasteiger partial charge in [-0.3, -0.25) is 0 Å². The van der Waals surface area contributed by atoms with Crippen molar-refractivity contribution in [2.24, 2.45) is 0 Å². The molecule has 28 heavy (non-hydrogen) atoms. The average molecular weight is 409 g/mol.